The zero-order valence-electron chi connectivity index (χ0n) is 15.4. The van der Waals surface area contributed by atoms with E-state index in [0.29, 0.717) is 16.9 Å². The maximum atomic E-state index is 11.7. The molecule has 0 saturated carbocycles. The van der Waals surface area contributed by atoms with Crippen molar-refractivity contribution >= 4 is 35.4 Å². The van der Waals surface area contributed by atoms with Crippen LogP contribution in [0.3, 0.4) is 0 Å². The normalized spacial score (nSPS) is 10.4. The van der Waals surface area contributed by atoms with Crippen LogP contribution < -0.4 is 10.1 Å². The smallest absolute Gasteiger partial charge is 0.251 e. The molecule has 0 aliphatic carbocycles. The van der Waals surface area contributed by atoms with Crippen LogP contribution in [0.25, 0.3) is 11.1 Å². The van der Waals surface area contributed by atoms with E-state index in [1.165, 1.54) is 12.1 Å². The highest BCUT2D eigenvalue weighted by Gasteiger charge is 2.13. The Hall–Kier alpha value is -3.02. The molecule has 0 bridgehead atoms. The van der Waals surface area contributed by atoms with Gasteiger partial charge >= 0.3 is 0 Å². The number of carbonyl (C=O) groups excluding carboxylic acids is 2. The molecule has 0 heterocycles. The summed E-state index contributed by atoms with van der Waals surface area (Å²) >= 11 is 12.7. The predicted molar refractivity (Wildman–Crippen MR) is 113 cm³/mol. The van der Waals surface area contributed by atoms with Crippen LogP contribution >= 0.6 is 23.2 Å². The molecule has 0 saturated heterocycles. The van der Waals surface area contributed by atoms with Crippen LogP contribution in [0, 0.1) is 0 Å². The summed E-state index contributed by atoms with van der Waals surface area (Å²) in [6.45, 7) is 0.114. The van der Waals surface area contributed by atoms with Gasteiger partial charge in [-0.3, -0.25) is 9.59 Å². The number of rotatable bonds is 6. The SMILES string of the molecule is CNC(=O)c1ccc(-c2cccc(COc3cc(O)c(C=O)cc3Cl)c2Cl)cc1. The van der Waals surface area contributed by atoms with Crippen molar-refractivity contribution in [2.75, 3.05) is 7.05 Å². The van der Waals surface area contributed by atoms with Gasteiger partial charge in [-0.2, -0.15) is 0 Å². The number of phenols is 1. The Labute approximate surface area is 177 Å². The third kappa shape index (κ3) is 4.53. The number of benzene rings is 3. The van der Waals surface area contributed by atoms with Crippen molar-refractivity contribution in [3.8, 4) is 22.6 Å². The van der Waals surface area contributed by atoms with E-state index in [1.807, 2.05) is 30.3 Å². The van der Waals surface area contributed by atoms with Gasteiger partial charge in [0.15, 0.2) is 6.29 Å². The minimum atomic E-state index is -0.213. The van der Waals surface area contributed by atoms with Crippen molar-refractivity contribution in [3.63, 3.8) is 0 Å². The minimum Gasteiger partial charge on any atom is -0.507 e. The van der Waals surface area contributed by atoms with Crippen LogP contribution in [0.2, 0.25) is 10.0 Å². The van der Waals surface area contributed by atoms with E-state index in [2.05, 4.69) is 5.32 Å². The molecule has 148 valence electrons. The maximum Gasteiger partial charge on any atom is 0.251 e. The van der Waals surface area contributed by atoms with Gasteiger partial charge in [0.05, 0.1) is 15.6 Å². The number of phenolic OH excluding ortho intramolecular Hbond substituents is 1. The third-order valence-corrected chi connectivity index (χ3v) is 5.10. The lowest BCUT2D eigenvalue weighted by atomic mass is 10.0. The van der Waals surface area contributed by atoms with Crippen LogP contribution in [-0.2, 0) is 6.61 Å². The molecule has 0 atom stereocenters. The van der Waals surface area contributed by atoms with Crippen LogP contribution in [0.4, 0.5) is 0 Å². The fourth-order valence-corrected chi connectivity index (χ4v) is 3.29. The number of halogens is 2. The van der Waals surface area contributed by atoms with E-state index in [-0.39, 0.29) is 34.6 Å². The molecule has 3 rings (SSSR count). The zero-order chi connectivity index (χ0) is 21.0. The lowest BCUT2D eigenvalue weighted by molar-refractivity contribution is 0.0962. The average Bonchev–Trinajstić information content (AvgIpc) is 2.74. The van der Waals surface area contributed by atoms with Gasteiger partial charge in [0.25, 0.3) is 5.91 Å². The third-order valence-electron chi connectivity index (χ3n) is 4.36. The summed E-state index contributed by atoms with van der Waals surface area (Å²) in [5.74, 6) is -0.132. The first-order valence-electron chi connectivity index (χ1n) is 8.65. The lowest BCUT2D eigenvalue weighted by Gasteiger charge is -2.13. The number of nitrogens with one attached hydrogen (secondary N) is 1. The van der Waals surface area contributed by atoms with Gasteiger partial charge in [-0.15, -0.1) is 0 Å². The molecule has 2 N–H and O–H groups in total. The number of hydrogen-bond acceptors (Lipinski definition) is 4. The lowest BCUT2D eigenvalue weighted by Crippen LogP contribution is -2.17. The highest BCUT2D eigenvalue weighted by molar-refractivity contribution is 6.34. The molecule has 0 aliphatic heterocycles. The number of amides is 1. The monoisotopic (exact) mass is 429 g/mol. The van der Waals surface area contributed by atoms with Gasteiger partial charge in [-0.1, -0.05) is 53.5 Å². The topological polar surface area (TPSA) is 75.6 Å². The van der Waals surface area contributed by atoms with Crippen molar-refractivity contribution < 1.29 is 19.4 Å². The van der Waals surface area contributed by atoms with Gasteiger partial charge in [0, 0.05) is 29.8 Å². The Morgan fingerprint density at radius 3 is 2.52 bits per heavy atom. The molecule has 1 amide bonds. The van der Waals surface area contributed by atoms with Crippen molar-refractivity contribution in [2.24, 2.45) is 0 Å². The first-order chi connectivity index (χ1) is 13.9. The first kappa shape index (κ1) is 20.7. The van der Waals surface area contributed by atoms with Crippen molar-refractivity contribution in [1.29, 1.82) is 0 Å². The summed E-state index contributed by atoms with van der Waals surface area (Å²) < 4.78 is 5.69. The molecule has 3 aromatic carbocycles. The van der Waals surface area contributed by atoms with Crippen molar-refractivity contribution in [3.05, 3.63) is 81.3 Å². The van der Waals surface area contributed by atoms with Crippen molar-refractivity contribution in [2.45, 2.75) is 6.61 Å². The van der Waals surface area contributed by atoms with Crippen LogP contribution in [0.15, 0.2) is 54.6 Å². The van der Waals surface area contributed by atoms with E-state index in [1.54, 1.807) is 19.2 Å². The second-order valence-corrected chi connectivity index (χ2v) is 6.97. The molecule has 29 heavy (non-hydrogen) atoms. The Morgan fingerprint density at radius 2 is 1.86 bits per heavy atom. The molecule has 5 nitrogen and oxygen atoms in total. The molecule has 0 aromatic heterocycles. The Kier molecular flexibility index (Phi) is 6.42. The van der Waals surface area contributed by atoms with Crippen LogP contribution in [0.1, 0.15) is 26.3 Å². The van der Waals surface area contributed by atoms with Gasteiger partial charge in [0.1, 0.15) is 18.1 Å². The second kappa shape index (κ2) is 8.99. The summed E-state index contributed by atoms with van der Waals surface area (Å²) in [6.07, 6.45) is 0.515. The van der Waals surface area contributed by atoms with E-state index in [0.717, 1.165) is 16.7 Å². The molecule has 7 heteroatoms. The quantitative estimate of drug-likeness (QED) is 0.533. The van der Waals surface area contributed by atoms with E-state index in [9.17, 15) is 14.7 Å². The summed E-state index contributed by atoms with van der Waals surface area (Å²) in [7, 11) is 1.58. The largest absolute Gasteiger partial charge is 0.507 e. The van der Waals surface area contributed by atoms with E-state index < -0.39 is 0 Å². The number of ether oxygens (including phenoxy) is 1. The molecule has 0 radical (unpaired) electrons. The summed E-state index contributed by atoms with van der Waals surface area (Å²) in [5, 5.41) is 13.1. The summed E-state index contributed by atoms with van der Waals surface area (Å²) in [6, 6.07) is 15.3. The average molecular weight is 430 g/mol. The highest BCUT2D eigenvalue weighted by Crippen LogP contribution is 2.34. The van der Waals surface area contributed by atoms with Gasteiger partial charge in [0.2, 0.25) is 0 Å². The number of hydrogen-bond donors (Lipinski definition) is 2. The van der Waals surface area contributed by atoms with Crippen molar-refractivity contribution in [1.82, 2.24) is 5.32 Å². The molecule has 0 fully saturated rings. The molecule has 3 aromatic rings. The predicted octanol–water partition coefficient (Wildman–Crippen LogP) is 5.12. The second-order valence-electron chi connectivity index (χ2n) is 6.18. The van der Waals surface area contributed by atoms with E-state index >= 15 is 0 Å². The van der Waals surface area contributed by atoms with Crippen LogP contribution in [-0.4, -0.2) is 24.3 Å². The maximum absolute atomic E-state index is 11.7. The molecular formula is C22H17Cl2NO4. The summed E-state index contributed by atoms with van der Waals surface area (Å²) in [5.41, 5.74) is 3.01. The Balaban J connectivity index is 1.83. The molecule has 0 spiro atoms. The fraction of sp³-hybridized carbons (Fsp3) is 0.0909. The van der Waals surface area contributed by atoms with Gasteiger partial charge < -0.3 is 15.2 Å². The standard InChI is InChI=1S/C22H17Cl2NO4/c1-25-22(28)14-7-5-13(6-8-14)17-4-2-3-15(21(17)24)12-29-20-10-19(27)16(11-26)9-18(20)23/h2-11,27H,12H2,1H3,(H,25,28). The fourth-order valence-electron chi connectivity index (χ4n) is 2.78. The molecule has 0 unspecified atom stereocenters. The Morgan fingerprint density at radius 1 is 1.14 bits per heavy atom. The van der Waals surface area contributed by atoms with Gasteiger partial charge in [-0.25, -0.2) is 0 Å². The molecular weight excluding hydrogens is 413 g/mol. The highest BCUT2D eigenvalue weighted by atomic mass is 35.5. The first-order valence-corrected chi connectivity index (χ1v) is 9.40. The number of carbonyl (C=O) groups is 2. The van der Waals surface area contributed by atoms with Gasteiger partial charge in [-0.05, 0) is 23.8 Å². The zero-order valence-corrected chi connectivity index (χ0v) is 16.9. The Bertz CT molecular complexity index is 1070. The summed E-state index contributed by atoms with van der Waals surface area (Å²) in [4.78, 5) is 22.6. The molecule has 0 aliphatic rings. The number of aldehydes is 1. The minimum absolute atomic E-state index is 0.0857. The van der Waals surface area contributed by atoms with E-state index in [4.69, 9.17) is 27.9 Å². The number of aromatic hydroxyl groups is 1. The van der Waals surface area contributed by atoms with Crippen LogP contribution in [0.5, 0.6) is 11.5 Å².